The van der Waals surface area contributed by atoms with Crippen LogP contribution in [-0.2, 0) is 6.54 Å². The van der Waals surface area contributed by atoms with E-state index in [-0.39, 0.29) is 5.54 Å². The second-order valence-electron chi connectivity index (χ2n) is 6.34. The minimum Gasteiger partial charge on any atom is -0.370 e. The van der Waals surface area contributed by atoms with Crippen LogP contribution in [0.5, 0.6) is 0 Å². The van der Waals surface area contributed by atoms with Crippen molar-refractivity contribution in [3.8, 4) is 0 Å². The van der Waals surface area contributed by atoms with Crippen LogP contribution in [0.25, 0.3) is 0 Å². The maximum atomic E-state index is 3.75. The summed E-state index contributed by atoms with van der Waals surface area (Å²) in [7, 11) is 0. The van der Waals surface area contributed by atoms with E-state index in [1.807, 2.05) is 0 Å². The molecule has 1 aliphatic rings. The van der Waals surface area contributed by atoms with Gasteiger partial charge >= 0.3 is 0 Å². The molecular formula is C16H25BrN2S. The van der Waals surface area contributed by atoms with Crippen molar-refractivity contribution in [1.82, 2.24) is 5.32 Å². The third-order valence-corrected chi connectivity index (χ3v) is 5.08. The molecule has 112 valence electrons. The Bertz CT molecular complexity index is 435. The van der Waals surface area contributed by atoms with Crippen LogP contribution in [0.3, 0.4) is 0 Å². The molecule has 0 saturated carbocycles. The summed E-state index contributed by atoms with van der Waals surface area (Å²) in [6.45, 7) is 9.84. The largest absolute Gasteiger partial charge is 0.370 e. The first-order chi connectivity index (χ1) is 9.46. The van der Waals surface area contributed by atoms with Crippen molar-refractivity contribution in [1.29, 1.82) is 0 Å². The molecule has 0 radical (unpaired) electrons. The van der Waals surface area contributed by atoms with E-state index in [0.29, 0.717) is 0 Å². The second-order valence-corrected chi connectivity index (χ2v) is 8.42. The van der Waals surface area contributed by atoms with Crippen LogP contribution in [0, 0.1) is 0 Å². The van der Waals surface area contributed by atoms with Crippen LogP contribution in [0.1, 0.15) is 32.8 Å². The molecule has 0 amide bonds. The van der Waals surface area contributed by atoms with Crippen LogP contribution in [0.15, 0.2) is 22.7 Å². The van der Waals surface area contributed by atoms with E-state index in [2.05, 4.69) is 76.9 Å². The molecule has 1 aromatic carbocycles. The number of anilines is 1. The van der Waals surface area contributed by atoms with Crippen molar-refractivity contribution in [3.05, 3.63) is 28.2 Å². The Morgan fingerprint density at radius 2 is 2.05 bits per heavy atom. The molecular weight excluding hydrogens is 332 g/mol. The number of hydrogen-bond acceptors (Lipinski definition) is 3. The molecule has 1 aliphatic heterocycles. The minimum atomic E-state index is 0.160. The molecule has 0 atom stereocenters. The highest BCUT2D eigenvalue weighted by Gasteiger charge is 2.14. The predicted octanol–water partition coefficient (Wildman–Crippen LogP) is 4.28. The number of nitrogens with one attached hydrogen (secondary N) is 1. The van der Waals surface area contributed by atoms with Gasteiger partial charge in [0.1, 0.15) is 0 Å². The van der Waals surface area contributed by atoms with Crippen LogP contribution in [0.4, 0.5) is 5.69 Å². The fourth-order valence-corrected chi connectivity index (χ4v) is 3.83. The monoisotopic (exact) mass is 356 g/mol. The molecule has 1 fully saturated rings. The molecule has 4 heteroatoms. The number of thioether (sulfide) groups is 1. The van der Waals surface area contributed by atoms with Crippen LogP contribution in [-0.4, -0.2) is 30.1 Å². The molecule has 1 aromatic rings. The molecule has 0 spiro atoms. The van der Waals surface area contributed by atoms with E-state index in [4.69, 9.17) is 0 Å². The lowest BCUT2D eigenvalue weighted by Gasteiger charge is -2.25. The van der Waals surface area contributed by atoms with Gasteiger partial charge < -0.3 is 10.2 Å². The highest BCUT2D eigenvalue weighted by atomic mass is 79.9. The average molecular weight is 357 g/mol. The van der Waals surface area contributed by atoms with Gasteiger partial charge in [0.05, 0.1) is 5.69 Å². The van der Waals surface area contributed by atoms with Crippen molar-refractivity contribution >= 4 is 33.4 Å². The van der Waals surface area contributed by atoms with Crippen molar-refractivity contribution in [3.63, 3.8) is 0 Å². The molecule has 1 N–H and O–H groups in total. The highest BCUT2D eigenvalue weighted by Crippen LogP contribution is 2.29. The zero-order chi connectivity index (χ0) is 14.6. The number of nitrogens with zero attached hydrogens (tertiary/aromatic N) is 1. The Balaban J connectivity index is 2.05. The van der Waals surface area contributed by atoms with Gasteiger partial charge in [0.25, 0.3) is 0 Å². The average Bonchev–Trinajstić information content (AvgIpc) is 2.64. The van der Waals surface area contributed by atoms with Crippen LogP contribution < -0.4 is 10.2 Å². The number of benzene rings is 1. The second kappa shape index (κ2) is 7.19. The Kier molecular flexibility index (Phi) is 5.82. The molecule has 1 saturated heterocycles. The summed E-state index contributed by atoms with van der Waals surface area (Å²) in [5, 5.41) is 3.54. The summed E-state index contributed by atoms with van der Waals surface area (Å²) in [5.41, 5.74) is 2.83. The van der Waals surface area contributed by atoms with Crippen molar-refractivity contribution in [2.45, 2.75) is 39.3 Å². The molecule has 2 nitrogen and oxygen atoms in total. The smallest absolute Gasteiger partial charge is 0.0511 e. The number of rotatable bonds is 3. The third kappa shape index (κ3) is 4.97. The summed E-state index contributed by atoms with van der Waals surface area (Å²) in [4.78, 5) is 2.51. The van der Waals surface area contributed by atoms with Gasteiger partial charge in [0, 0.05) is 35.4 Å². The summed E-state index contributed by atoms with van der Waals surface area (Å²) in [5.74, 6) is 2.53. The van der Waals surface area contributed by atoms with E-state index in [1.54, 1.807) is 0 Å². The van der Waals surface area contributed by atoms with Crippen molar-refractivity contribution in [2.75, 3.05) is 29.5 Å². The lowest BCUT2D eigenvalue weighted by atomic mass is 10.1. The molecule has 0 aromatic heterocycles. The van der Waals surface area contributed by atoms with Gasteiger partial charge in [-0.25, -0.2) is 0 Å². The lowest BCUT2D eigenvalue weighted by molar-refractivity contribution is 0.424. The first kappa shape index (κ1) is 16.2. The van der Waals surface area contributed by atoms with Gasteiger partial charge in [-0.15, -0.1) is 0 Å². The fraction of sp³-hybridized carbons (Fsp3) is 0.625. The SMILES string of the molecule is CC(C)(C)NCc1ccc(N2CCCSCC2)c(Br)c1. The summed E-state index contributed by atoms with van der Waals surface area (Å²) in [6, 6.07) is 6.77. The number of halogens is 1. The van der Waals surface area contributed by atoms with Crippen molar-refractivity contribution < 1.29 is 0 Å². The molecule has 20 heavy (non-hydrogen) atoms. The van der Waals surface area contributed by atoms with Gasteiger partial charge in [-0.2, -0.15) is 11.8 Å². The first-order valence-electron chi connectivity index (χ1n) is 7.32. The van der Waals surface area contributed by atoms with E-state index in [9.17, 15) is 0 Å². The predicted molar refractivity (Wildman–Crippen MR) is 94.9 cm³/mol. The zero-order valence-corrected chi connectivity index (χ0v) is 15.1. The fourth-order valence-electron chi connectivity index (χ4n) is 2.27. The normalized spacial score (nSPS) is 17.1. The highest BCUT2D eigenvalue weighted by molar-refractivity contribution is 9.10. The first-order valence-corrected chi connectivity index (χ1v) is 9.27. The topological polar surface area (TPSA) is 15.3 Å². The van der Waals surface area contributed by atoms with E-state index in [0.717, 1.165) is 13.1 Å². The van der Waals surface area contributed by atoms with Gasteiger partial charge in [-0.1, -0.05) is 6.07 Å². The maximum absolute atomic E-state index is 3.75. The van der Waals surface area contributed by atoms with Gasteiger partial charge in [0.15, 0.2) is 0 Å². The van der Waals surface area contributed by atoms with Gasteiger partial charge in [-0.05, 0) is 66.6 Å². The number of hydrogen-bond donors (Lipinski definition) is 1. The van der Waals surface area contributed by atoms with Crippen LogP contribution in [0.2, 0.25) is 0 Å². The van der Waals surface area contributed by atoms with Crippen LogP contribution >= 0.6 is 27.7 Å². The Morgan fingerprint density at radius 1 is 1.25 bits per heavy atom. The van der Waals surface area contributed by atoms with E-state index >= 15 is 0 Å². The standard InChI is InChI=1S/C16H25BrN2S/c1-16(2,3)18-12-13-5-6-15(14(17)11-13)19-7-4-9-20-10-8-19/h5-6,11,18H,4,7-10,12H2,1-3H3. The van der Waals surface area contributed by atoms with E-state index in [1.165, 1.54) is 40.2 Å². The quantitative estimate of drug-likeness (QED) is 0.869. The van der Waals surface area contributed by atoms with Gasteiger partial charge in [0.2, 0.25) is 0 Å². The zero-order valence-electron chi connectivity index (χ0n) is 12.7. The third-order valence-electron chi connectivity index (χ3n) is 3.40. The van der Waals surface area contributed by atoms with Crippen molar-refractivity contribution in [2.24, 2.45) is 0 Å². The Morgan fingerprint density at radius 3 is 2.75 bits per heavy atom. The Labute approximate surface area is 135 Å². The molecule has 2 rings (SSSR count). The minimum absolute atomic E-state index is 0.160. The molecule has 0 aliphatic carbocycles. The molecule has 0 unspecified atom stereocenters. The summed E-state index contributed by atoms with van der Waals surface area (Å²) >= 11 is 5.82. The molecule has 0 bridgehead atoms. The maximum Gasteiger partial charge on any atom is 0.0511 e. The summed E-state index contributed by atoms with van der Waals surface area (Å²) < 4.78 is 1.22. The van der Waals surface area contributed by atoms with Gasteiger partial charge in [-0.3, -0.25) is 0 Å². The lowest BCUT2D eigenvalue weighted by Crippen LogP contribution is -2.35. The molecule has 1 heterocycles. The Hall–Kier alpha value is -0.190. The summed E-state index contributed by atoms with van der Waals surface area (Å²) in [6.07, 6.45) is 1.28. The van der Waals surface area contributed by atoms with E-state index < -0.39 is 0 Å².